The molecule has 2 unspecified atom stereocenters. The normalized spacial score (nSPS) is 22.1. The first-order chi connectivity index (χ1) is 10.2. The molecule has 1 aromatic heterocycles. The van der Waals surface area contributed by atoms with Crippen LogP contribution in [0.2, 0.25) is 0 Å². The molecule has 0 aliphatic carbocycles. The Balaban J connectivity index is 2.04. The van der Waals surface area contributed by atoms with Crippen molar-refractivity contribution in [2.24, 2.45) is 5.92 Å². The van der Waals surface area contributed by atoms with Gasteiger partial charge in [-0.05, 0) is 36.8 Å². The summed E-state index contributed by atoms with van der Waals surface area (Å²) in [6, 6.07) is 9.25. The number of anilines is 1. The van der Waals surface area contributed by atoms with Crippen molar-refractivity contribution in [2.45, 2.75) is 39.8 Å². The minimum Gasteiger partial charge on any atom is -0.353 e. The smallest absolute Gasteiger partial charge is 0.136 e. The van der Waals surface area contributed by atoms with Gasteiger partial charge in [0.1, 0.15) is 5.82 Å². The lowest BCUT2D eigenvalue weighted by atomic mass is 10.1. The predicted octanol–water partition coefficient (Wildman–Crippen LogP) is 3.58. The standard InChI is InChI=1S/C18H25N3/c1-4-19-10-15-11-20-18(17-8-6-5-7-16(15)17)21-12-13(2)9-14(21)3/h5-8,11,13-14,19H,4,9-10,12H2,1-3H3. The Morgan fingerprint density at radius 3 is 2.67 bits per heavy atom. The van der Waals surface area contributed by atoms with E-state index in [1.165, 1.54) is 22.8 Å². The van der Waals surface area contributed by atoms with Crippen LogP contribution in [-0.4, -0.2) is 24.1 Å². The second-order valence-corrected chi connectivity index (χ2v) is 6.28. The maximum atomic E-state index is 4.81. The third-order valence-electron chi connectivity index (χ3n) is 4.48. The molecule has 0 bridgehead atoms. The van der Waals surface area contributed by atoms with E-state index >= 15 is 0 Å². The number of hydrogen-bond acceptors (Lipinski definition) is 3. The summed E-state index contributed by atoms with van der Waals surface area (Å²) < 4.78 is 0. The summed E-state index contributed by atoms with van der Waals surface area (Å²) in [4.78, 5) is 7.29. The summed E-state index contributed by atoms with van der Waals surface area (Å²) in [5.74, 6) is 1.91. The van der Waals surface area contributed by atoms with Crippen molar-refractivity contribution < 1.29 is 0 Å². The molecule has 2 aromatic rings. The van der Waals surface area contributed by atoms with Gasteiger partial charge >= 0.3 is 0 Å². The molecule has 21 heavy (non-hydrogen) atoms. The molecule has 0 amide bonds. The number of pyridine rings is 1. The van der Waals surface area contributed by atoms with Crippen LogP contribution >= 0.6 is 0 Å². The molecule has 2 atom stereocenters. The number of fused-ring (bicyclic) bond motifs is 1. The summed E-state index contributed by atoms with van der Waals surface area (Å²) in [5.41, 5.74) is 1.29. The highest BCUT2D eigenvalue weighted by atomic mass is 15.2. The van der Waals surface area contributed by atoms with Gasteiger partial charge in [0, 0.05) is 30.7 Å². The van der Waals surface area contributed by atoms with E-state index in [4.69, 9.17) is 4.98 Å². The highest BCUT2D eigenvalue weighted by Crippen LogP contribution is 2.33. The molecule has 1 N–H and O–H groups in total. The van der Waals surface area contributed by atoms with Gasteiger partial charge in [0.2, 0.25) is 0 Å². The van der Waals surface area contributed by atoms with Crippen molar-refractivity contribution in [3.8, 4) is 0 Å². The fourth-order valence-electron chi connectivity index (χ4n) is 3.46. The van der Waals surface area contributed by atoms with Gasteiger partial charge in [0.05, 0.1) is 0 Å². The molecule has 1 aromatic carbocycles. The van der Waals surface area contributed by atoms with Crippen LogP contribution in [0.4, 0.5) is 5.82 Å². The van der Waals surface area contributed by atoms with E-state index in [1.807, 2.05) is 0 Å². The Kier molecular flexibility index (Phi) is 4.11. The molecule has 0 saturated carbocycles. The topological polar surface area (TPSA) is 28.2 Å². The van der Waals surface area contributed by atoms with Crippen LogP contribution in [0, 0.1) is 5.92 Å². The van der Waals surface area contributed by atoms with Crippen LogP contribution in [0.25, 0.3) is 10.8 Å². The van der Waals surface area contributed by atoms with Crippen molar-refractivity contribution in [2.75, 3.05) is 18.0 Å². The molecule has 112 valence electrons. The zero-order valence-corrected chi connectivity index (χ0v) is 13.3. The van der Waals surface area contributed by atoms with Gasteiger partial charge in [-0.25, -0.2) is 4.98 Å². The first-order valence-electron chi connectivity index (χ1n) is 8.04. The molecular weight excluding hydrogens is 258 g/mol. The van der Waals surface area contributed by atoms with Crippen molar-refractivity contribution in [1.82, 2.24) is 10.3 Å². The van der Waals surface area contributed by atoms with E-state index in [0.29, 0.717) is 6.04 Å². The highest BCUT2D eigenvalue weighted by molar-refractivity contribution is 5.94. The molecular formula is C18H25N3. The molecule has 3 heteroatoms. The number of benzene rings is 1. The Morgan fingerprint density at radius 1 is 1.24 bits per heavy atom. The molecule has 3 nitrogen and oxygen atoms in total. The van der Waals surface area contributed by atoms with E-state index in [2.05, 4.69) is 61.5 Å². The number of aromatic nitrogens is 1. The van der Waals surface area contributed by atoms with Gasteiger partial charge in [-0.2, -0.15) is 0 Å². The van der Waals surface area contributed by atoms with E-state index in [9.17, 15) is 0 Å². The number of hydrogen-bond donors (Lipinski definition) is 1. The summed E-state index contributed by atoms with van der Waals surface area (Å²) in [6.45, 7) is 9.76. The van der Waals surface area contributed by atoms with Crippen LogP contribution < -0.4 is 10.2 Å². The van der Waals surface area contributed by atoms with Crippen molar-refractivity contribution >= 4 is 16.6 Å². The molecule has 1 fully saturated rings. The molecule has 1 aliphatic heterocycles. The Hall–Kier alpha value is -1.61. The lowest BCUT2D eigenvalue weighted by Crippen LogP contribution is -2.28. The Bertz CT molecular complexity index is 623. The molecule has 1 aliphatic rings. The molecule has 1 saturated heterocycles. The van der Waals surface area contributed by atoms with Crippen molar-refractivity contribution in [1.29, 1.82) is 0 Å². The van der Waals surface area contributed by atoms with Gasteiger partial charge in [-0.15, -0.1) is 0 Å². The fourth-order valence-corrected chi connectivity index (χ4v) is 3.46. The Morgan fingerprint density at radius 2 is 2.00 bits per heavy atom. The van der Waals surface area contributed by atoms with E-state index < -0.39 is 0 Å². The molecule has 0 spiro atoms. The molecule has 0 radical (unpaired) electrons. The minimum atomic E-state index is 0.579. The third kappa shape index (κ3) is 2.75. The SMILES string of the molecule is CCNCc1cnc(N2CC(C)CC2C)c2ccccc12. The first kappa shape index (κ1) is 14.3. The van der Waals surface area contributed by atoms with E-state index in [-0.39, 0.29) is 0 Å². The zero-order valence-electron chi connectivity index (χ0n) is 13.3. The average Bonchev–Trinajstić information content (AvgIpc) is 2.83. The average molecular weight is 283 g/mol. The zero-order chi connectivity index (χ0) is 14.8. The lowest BCUT2D eigenvalue weighted by Gasteiger charge is -2.25. The summed E-state index contributed by atoms with van der Waals surface area (Å²) in [7, 11) is 0. The van der Waals surface area contributed by atoms with Crippen molar-refractivity contribution in [3.63, 3.8) is 0 Å². The number of nitrogens with one attached hydrogen (secondary N) is 1. The predicted molar refractivity (Wildman–Crippen MR) is 89.7 cm³/mol. The molecule has 3 rings (SSSR count). The number of rotatable bonds is 4. The van der Waals surface area contributed by atoms with Gasteiger partial charge < -0.3 is 10.2 Å². The first-order valence-corrected chi connectivity index (χ1v) is 8.04. The second kappa shape index (κ2) is 6.02. The lowest BCUT2D eigenvalue weighted by molar-refractivity contribution is 0.625. The van der Waals surface area contributed by atoms with Gasteiger partial charge in [0.25, 0.3) is 0 Å². The maximum Gasteiger partial charge on any atom is 0.136 e. The fraction of sp³-hybridized carbons (Fsp3) is 0.500. The number of nitrogens with zero attached hydrogens (tertiary/aromatic N) is 2. The minimum absolute atomic E-state index is 0.579. The highest BCUT2D eigenvalue weighted by Gasteiger charge is 2.28. The van der Waals surface area contributed by atoms with Crippen LogP contribution in [0.3, 0.4) is 0 Å². The van der Waals surface area contributed by atoms with Crippen LogP contribution in [0.15, 0.2) is 30.5 Å². The summed E-state index contributed by atoms with van der Waals surface area (Å²) in [5, 5.41) is 6.02. The van der Waals surface area contributed by atoms with Gasteiger partial charge in [0.15, 0.2) is 0 Å². The van der Waals surface area contributed by atoms with E-state index in [1.54, 1.807) is 0 Å². The third-order valence-corrected chi connectivity index (χ3v) is 4.48. The largest absolute Gasteiger partial charge is 0.353 e. The van der Waals surface area contributed by atoms with Gasteiger partial charge in [-0.1, -0.05) is 38.1 Å². The maximum absolute atomic E-state index is 4.81. The van der Waals surface area contributed by atoms with Gasteiger partial charge in [-0.3, -0.25) is 0 Å². The summed E-state index contributed by atoms with van der Waals surface area (Å²) in [6.07, 6.45) is 3.31. The van der Waals surface area contributed by atoms with Crippen LogP contribution in [0.1, 0.15) is 32.8 Å². The quantitative estimate of drug-likeness (QED) is 0.929. The Labute approximate surface area is 127 Å². The monoisotopic (exact) mass is 283 g/mol. The van der Waals surface area contributed by atoms with Crippen LogP contribution in [0.5, 0.6) is 0 Å². The summed E-state index contributed by atoms with van der Waals surface area (Å²) >= 11 is 0. The van der Waals surface area contributed by atoms with E-state index in [0.717, 1.165) is 31.4 Å². The molecule has 2 heterocycles. The second-order valence-electron chi connectivity index (χ2n) is 6.28. The van der Waals surface area contributed by atoms with Crippen molar-refractivity contribution in [3.05, 3.63) is 36.0 Å². The van der Waals surface area contributed by atoms with Crippen LogP contribution in [-0.2, 0) is 6.54 Å².